The minimum atomic E-state index is -1.34. The molecule has 3 atom stereocenters. The Bertz CT molecular complexity index is 1100. The van der Waals surface area contributed by atoms with Gasteiger partial charge < -0.3 is 14.2 Å². The van der Waals surface area contributed by atoms with Crippen molar-refractivity contribution in [2.75, 3.05) is 30.9 Å². The summed E-state index contributed by atoms with van der Waals surface area (Å²) in [7, 11) is -1.34. The molecule has 1 aliphatic rings. The van der Waals surface area contributed by atoms with Crippen LogP contribution in [-0.2, 0) is 10.8 Å². The zero-order valence-electron chi connectivity index (χ0n) is 18.7. The van der Waals surface area contributed by atoms with Gasteiger partial charge in [-0.15, -0.1) is 0 Å². The molecule has 2 heterocycles. The van der Waals surface area contributed by atoms with Gasteiger partial charge in [-0.2, -0.15) is 4.98 Å². The number of anilines is 1. The molecule has 3 unspecified atom stereocenters. The molecule has 32 heavy (non-hydrogen) atoms. The molecular formula is C24H28FN3O3S. The van der Waals surface area contributed by atoms with E-state index in [2.05, 4.69) is 22.0 Å². The molecule has 0 amide bonds. The smallest absolute Gasteiger partial charge is 0.324 e. The van der Waals surface area contributed by atoms with E-state index in [1.54, 1.807) is 12.1 Å². The zero-order chi connectivity index (χ0) is 22.8. The second-order valence-electron chi connectivity index (χ2n) is 8.67. The van der Waals surface area contributed by atoms with E-state index in [0.29, 0.717) is 24.5 Å². The van der Waals surface area contributed by atoms with Crippen LogP contribution in [0.3, 0.4) is 0 Å². The van der Waals surface area contributed by atoms with Crippen LogP contribution < -0.4 is 9.64 Å². The summed E-state index contributed by atoms with van der Waals surface area (Å²) in [5.41, 5.74) is 1.62. The number of ether oxygens (including phenoxy) is 1. The van der Waals surface area contributed by atoms with E-state index in [9.17, 15) is 8.60 Å². The molecule has 1 aromatic heterocycles. The second-order valence-corrected chi connectivity index (χ2v) is 10.0. The summed E-state index contributed by atoms with van der Waals surface area (Å²) in [6.07, 6.45) is 1.47. The first-order valence-corrected chi connectivity index (χ1v) is 12.3. The Morgan fingerprint density at radius 2 is 1.91 bits per heavy atom. The minimum Gasteiger partial charge on any atom is -0.493 e. The minimum absolute atomic E-state index is 0.217. The molecule has 0 radical (unpaired) electrons. The summed E-state index contributed by atoms with van der Waals surface area (Å²) in [5, 5.41) is 4.06. The maximum atomic E-state index is 14.2. The molecule has 0 bridgehead atoms. The van der Waals surface area contributed by atoms with Crippen LogP contribution in [0, 0.1) is 17.7 Å². The molecule has 0 N–H and O–H groups in total. The van der Waals surface area contributed by atoms with Gasteiger partial charge in [0, 0.05) is 31.2 Å². The van der Waals surface area contributed by atoms with Crippen LogP contribution in [-0.4, -0.2) is 40.3 Å². The Kier molecular flexibility index (Phi) is 6.60. The maximum absolute atomic E-state index is 14.2. The van der Waals surface area contributed by atoms with E-state index >= 15 is 0 Å². The highest BCUT2D eigenvalue weighted by Gasteiger charge is 2.33. The molecule has 1 fully saturated rings. The standard InChI is InChI=1S/C24H28FN3O3S/c1-15(2)23-26-24(31-27-23)28-12-16(3)19(13-28)14-30-20-8-5-17(6-9-20)18-7-10-22(32(4)29)21(25)11-18/h5-11,15-16,19H,12-14H2,1-4H3. The average molecular weight is 458 g/mol. The van der Waals surface area contributed by atoms with Crippen molar-refractivity contribution in [1.29, 1.82) is 0 Å². The van der Waals surface area contributed by atoms with Crippen molar-refractivity contribution in [2.24, 2.45) is 11.8 Å². The third-order valence-electron chi connectivity index (χ3n) is 5.88. The molecule has 2 aromatic carbocycles. The largest absolute Gasteiger partial charge is 0.493 e. The topological polar surface area (TPSA) is 68.5 Å². The molecule has 0 spiro atoms. The van der Waals surface area contributed by atoms with Crippen molar-refractivity contribution in [3.63, 3.8) is 0 Å². The van der Waals surface area contributed by atoms with E-state index in [1.807, 2.05) is 38.1 Å². The molecule has 6 nitrogen and oxygen atoms in total. The molecule has 4 rings (SSSR count). The lowest BCUT2D eigenvalue weighted by molar-refractivity contribution is 0.233. The van der Waals surface area contributed by atoms with Gasteiger partial charge in [0.1, 0.15) is 11.6 Å². The van der Waals surface area contributed by atoms with Crippen molar-refractivity contribution in [1.82, 2.24) is 10.1 Å². The van der Waals surface area contributed by atoms with E-state index in [1.165, 1.54) is 12.3 Å². The average Bonchev–Trinajstić information content (AvgIpc) is 3.39. The second kappa shape index (κ2) is 9.40. The van der Waals surface area contributed by atoms with Gasteiger partial charge in [0.15, 0.2) is 5.82 Å². The normalized spacial score (nSPS) is 19.5. The summed E-state index contributed by atoms with van der Waals surface area (Å²) >= 11 is 0. The fourth-order valence-corrected chi connectivity index (χ4v) is 4.45. The zero-order valence-corrected chi connectivity index (χ0v) is 19.6. The number of nitrogens with zero attached hydrogens (tertiary/aromatic N) is 3. The molecule has 170 valence electrons. The predicted octanol–water partition coefficient (Wildman–Crippen LogP) is 4.89. The highest BCUT2D eigenvalue weighted by atomic mass is 32.2. The number of hydrogen-bond donors (Lipinski definition) is 0. The summed E-state index contributed by atoms with van der Waals surface area (Å²) in [5.74, 6) is 2.07. The molecular weight excluding hydrogens is 429 g/mol. The van der Waals surface area contributed by atoms with E-state index in [4.69, 9.17) is 9.26 Å². The lowest BCUT2D eigenvalue weighted by Gasteiger charge is -2.15. The van der Waals surface area contributed by atoms with Crippen LogP contribution in [0.25, 0.3) is 11.1 Å². The number of benzene rings is 2. The van der Waals surface area contributed by atoms with Gasteiger partial charge in [-0.3, -0.25) is 4.21 Å². The molecule has 8 heteroatoms. The number of aromatic nitrogens is 2. The summed E-state index contributed by atoms with van der Waals surface area (Å²) in [4.78, 5) is 6.85. The Morgan fingerprint density at radius 3 is 2.53 bits per heavy atom. The van der Waals surface area contributed by atoms with E-state index in [-0.39, 0.29) is 10.8 Å². The highest BCUT2D eigenvalue weighted by molar-refractivity contribution is 7.84. The number of halogens is 1. The van der Waals surface area contributed by atoms with Gasteiger partial charge >= 0.3 is 6.01 Å². The first kappa shape index (κ1) is 22.5. The van der Waals surface area contributed by atoms with Crippen LogP contribution in [0.1, 0.15) is 32.5 Å². The first-order valence-electron chi connectivity index (χ1n) is 10.8. The van der Waals surface area contributed by atoms with Gasteiger partial charge in [0.25, 0.3) is 0 Å². The Labute approximate surface area is 190 Å². The monoisotopic (exact) mass is 457 g/mol. The quantitative estimate of drug-likeness (QED) is 0.503. The van der Waals surface area contributed by atoms with Gasteiger partial charge in [-0.05, 0) is 41.3 Å². The summed E-state index contributed by atoms with van der Waals surface area (Å²) in [6, 6.07) is 13.0. The fraction of sp³-hybridized carbons (Fsp3) is 0.417. The van der Waals surface area contributed by atoms with Crippen molar-refractivity contribution < 1.29 is 17.9 Å². The van der Waals surface area contributed by atoms with Crippen LogP contribution >= 0.6 is 0 Å². The molecule has 0 saturated carbocycles. The van der Waals surface area contributed by atoms with Gasteiger partial charge in [0.05, 0.1) is 22.3 Å². The molecule has 1 saturated heterocycles. The fourth-order valence-electron chi connectivity index (χ4n) is 3.86. The third-order valence-corrected chi connectivity index (χ3v) is 6.83. The van der Waals surface area contributed by atoms with Gasteiger partial charge in [0.2, 0.25) is 0 Å². The van der Waals surface area contributed by atoms with Gasteiger partial charge in [-0.25, -0.2) is 4.39 Å². The van der Waals surface area contributed by atoms with Crippen LogP contribution in [0.5, 0.6) is 5.75 Å². The van der Waals surface area contributed by atoms with E-state index in [0.717, 1.165) is 35.8 Å². The van der Waals surface area contributed by atoms with Crippen LogP contribution in [0.15, 0.2) is 51.9 Å². The molecule has 3 aromatic rings. The Morgan fingerprint density at radius 1 is 1.19 bits per heavy atom. The number of rotatable bonds is 7. The van der Waals surface area contributed by atoms with Crippen molar-refractivity contribution in [2.45, 2.75) is 31.6 Å². The first-order chi connectivity index (χ1) is 15.3. The SMILES string of the molecule is CC(C)c1noc(N2CC(C)C(COc3ccc(-c4ccc(S(C)=O)c(F)c4)cc3)C2)n1. The predicted molar refractivity (Wildman–Crippen MR) is 123 cm³/mol. The van der Waals surface area contributed by atoms with Crippen molar-refractivity contribution in [3.05, 3.63) is 54.1 Å². The van der Waals surface area contributed by atoms with Crippen LogP contribution in [0.4, 0.5) is 10.4 Å². The number of hydrogen-bond acceptors (Lipinski definition) is 6. The lowest BCUT2D eigenvalue weighted by atomic mass is 9.99. The molecule has 0 aliphatic carbocycles. The Hall–Kier alpha value is -2.74. The van der Waals surface area contributed by atoms with Crippen LogP contribution in [0.2, 0.25) is 0 Å². The van der Waals surface area contributed by atoms with Gasteiger partial charge in [-0.1, -0.05) is 44.1 Å². The van der Waals surface area contributed by atoms with E-state index < -0.39 is 16.6 Å². The highest BCUT2D eigenvalue weighted by Crippen LogP contribution is 2.30. The third kappa shape index (κ3) is 4.85. The maximum Gasteiger partial charge on any atom is 0.324 e. The molecule has 1 aliphatic heterocycles. The Balaban J connectivity index is 1.36. The summed E-state index contributed by atoms with van der Waals surface area (Å²) < 4.78 is 37.2. The lowest BCUT2D eigenvalue weighted by Crippen LogP contribution is -2.22. The van der Waals surface area contributed by atoms with Crippen molar-refractivity contribution >= 4 is 16.8 Å². The summed E-state index contributed by atoms with van der Waals surface area (Å²) in [6.45, 7) is 8.55. The van der Waals surface area contributed by atoms with Crippen molar-refractivity contribution in [3.8, 4) is 16.9 Å².